The van der Waals surface area contributed by atoms with Crippen molar-refractivity contribution in [3.8, 4) is 0 Å². The van der Waals surface area contributed by atoms with Crippen molar-refractivity contribution in [3.05, 3.63) is 94.2 Å². The molecule has 0 aliphatic heterocycles. The SMILES string of the molecule is C[C@H](NC(=O)c1ccccc1NCc1cccnc1)c1cccc(Br)c1. The monoisotopic (exact) mass is 409 g/mol. The van der Waals surface area contributed by atoms with Crippen molar-refractivity contribution in [1.29, 1.82) is 0 Å². The molecular weight excluding hydrogens is 390 g/mol. The van der Waals surface area contributed by atoms with Gasteiger partial charge in [-0.05, 0) is 48.4 Å². The van der Waals surface area contributed by atoms with E-state index in [4.69, 9.17) is 0 Å². The highest BCUT2D eigenvalue weighted by molar-refractivity contribution is 9.10. The Labute approximate surface area is 161 Å². The summed E-state index contributed by atoms with van der Waals surface area (Å²) in [6, 6.07) is 19.3. The van der Waals surface area contributed by atoms with Crippen LogP contribution in [0.4, 0.5) is 5.69 Å². The molecule has 1 atom stereocenters. The Kier molecular flexibility index (Phi) is 6.02. The van der Waals surface area contributed by atoms with Crippen LogP contribution in [0.25, 0.3) is 0 Å². The van der Waals surface area contributed by atoms with E-state index in [1.807, 2.05) is 73.8 Å². The molecule has 0 radical (unpaired) electrons. The Morgan fingerprint density at radius 1 is 1.12 bits per heavy atom. The number of hydrogen-bond acceptors (Lipinski definition) is 3. The van der Waals surface area contributed by atoms with E-state index in [9.17, 15) is 4.79 Å². The van der Waals surface area contributed by atoms with Crippen LogP contribution >= 0.6 is 15.9 Å². The summed E-state index contributed by atoms with van der Waals surface area (Å²) in [4.78, 5) is 16.9. The first-order valence-corrected chi connectivity index (χ1v) is 9.21. The molecule has 4 nitrogen and oxygen atoms in total. The molecule has 2 N–H and O–H groups in total. The van der Waals surface area contributed by atoms with Gasteiger partial charge in [-0.2, -0.15) is 0 Å². The lowest BCUT2D eigenvalue weighted by Crippen LogP contribution is -2.27. The van der Waals surface area contributed by atoms with E-state index in [0.29, 0.717) is 12.1 Å². The number of carbonyl (C=O) groups excluding carboxylic acids is 1. The molecule has 1 heterocycles. The van der Waals surface area contributed by atoms with Crippen LogP contribution in [0, 0.1) is 0 Å². The number of pyridine rings is 1. The largest absolute Gasteiger partial charge is 0.380 e. The third kappa shape index (κ3) is 4.70. The van der Waals surface area contributed by atoms with Crippen LogP contribution in [0.3, 0.4) is 0 Å². The van der Waals surface area contributed by atoms with Crippen molar-refractivity contribution < 1.29 is 4.79 Å². The van der Waals surface area contributed by atoms with Gasteiger partial charge in [0, 0.05) is 29.1 Å². The Bertz CT molecular complexity index is 883. The molecule has 0 saturated heterocycles. The second-order valence-corrected chi connectivity index (χ2v) is 6.93. The fourth-order valence-electron chi connectivity index (χ4n) is 2.67. The molecule has 0 aliphatic carbocycles. The zero-order chi connectivity index (χ0) is 18.4. The summed E-state index contributed by atoms with van der Waals surface area (Å²) < 4.78 is 0.995. The molecule has 2 aromatic carbocycles. The first kappa shape index (κ1) is 18.1. The predicted octanol–water partition coefficient (Wildman–Crippen LogP) is 4.95. The lowest BCUT2D eigenvalue weighted by atomic mass is 10.1. The quantitative estimate of drug-likeness (QED) is 0.605. The molecule has 0 unspecified atom stereocenters. The number of para-hydroxylation sites is 1. The molecule has 1 amide bonds. The van der Waals surface area contributed by atoms with Crippen LogP contribution in [0.5, 0.6) is 0 Å². The molecule has 3 aromatic rings. The van der Waals surface area contributed by atoms with Gasteiger partial charge in [0.2, 0.25) is 0 Å². The number of amides is 1. The number of benzene rings is 2. The van der Waals surface area contributed by atoms with Crippen molar-refractivity contribution in [2.45, 2.75) is 19.5 Å². The second-order valence-electron chi connectivity index (χ2n) is 6.01. The van der Waals surface area contributed by atoms with Crippen molar-refractivity contribution >= 4 is 27.5 Å². The summed E-state index contributed by atoms with van der Waals surface area (Å²) >= 11 is 3.47. The van der Waals surface area contributed by atoms with E-state index in [1.54, 1.807) is 6.20 Å². The molecule has 26 heavy (non-hydrogen) atoms. The Morgan fingerprint density at radius 3 is 2.73 bits per heavy atom. The maximum Gasteiger partial charge on any atom is 0.253 e. The molecule has 132 valence electrons. The van der Waals surface area contributed by atoms with Crippen LogP contribution < -0.4 is 10.6 Å². The van der Waals surface area contributed by atoms with Gasteiger partial charge >= 0.3 is 0 Å². The number of carbonyl (C=O) groups is 1. The summed E-state index contributed by atoms with van der Waals surface area (Å²) in [5, 5.41) is 6.39. The number of anilines is 1. The van der Waals surface area contributed by atoms with E-state index in [0.717, 1.165) is 21.3 Å². The number of nitrogens with one attached hydrogen (secondary N) is 2. The number of aromatic nitrogens is 1. The van der Waals surface area contributed by atoms with Crippen molar-refractivity contribution in [1.82, 2.24) is 10.3 Å². The maximum atomic E-state index is 12.8. The summed E-state index contributed by atoms with van der Waals surface area (Å²) in [7, 11) is 0. The summed E-state index contributed by atoms with van der Waals surface area (Å²) in [5.74, 6) is -0.105. The van der Waals surface area contributed by atoms with Gasteiger partial charge in [-0.3, -0.25) is 9.78 Å². The highest BCUT2D eigenvalue weighted by atomic mass is 79.9. The first-order chi connectivity index (χ1) is 12.6. The van der Waals surface area contributed by atoms with Crippen molar-refractivity contribution in [2.24, 2.45) is 0 Å². The molecule has 0 saturated carbocycles. The van der Waals surface area contributed by atoms with E-state index in [1.165, 1.54) is 0 Å². The molecule has 5 heteroatoms. The van der Waals surface area contributed by atoms with Crippen molar-refractivity contribution in [2.75, 3.05) is 5.32 Å². The zero-order valence-corrected chi connectivity index (χ0v) is 16.0. The number of rotatable bonds is 6. The van der Waals surface area contributed by atoms with Gasteiger partial charge in [0.1, 0.15) is 0 Å². The van der Waals surface area contributed by atoms with E-state index >= 15 is 0 Å². The van der Waals surface area contributed by atoms with E-state index in [2.05, 4.69) is 31.5 Å². The average Bonchev–Trinajstić information content (AvgIpc) is 2.67. The van der Waals surface area contributed by atoms with Gasteiger partial charge in [-0.15, -0.1) is 0 Å². The van der Waals surface area contributed by atoms with Gasteiger partial charge in [-0.1, -0.05) is 46.3 Å². The minimum atomic E-state index is -0.105. The minimum Gasteiger partial charge on any atom is -0.380 e. The molecule has 1 aromatic heterocycles. The molecule has 0 spiro atoms. The van der Waals surface area contributed by atoms with Gasteiger partial charge in [-0.25, -0.2) is 0 Å². The molecule has 0 fully saturated rings. The Hall–Kier alpha value is -2.66. The molecule has 0 bridgehead atoms. The predicted molar refractivity (Wildman–Crippen MR) is 108 cm³/mol. The fraction of sp³-hybridized carbons (Fsp3) is 0.143. The second kappa shape index (κ2) is 8.63. The molecule has 0 aliphatic rings. The smallest absolute Gasteiger partial charge is 0.253 e. The van der Waals surface area contributed by atoms with Crippen LogP contribution in [0.1, 0.15) is 34.5 Å². The van der Waals surface area contributed by atoms with Gasteiger partial charge in [0.25, 0.3) is 5.91 Å². The van der Waals surface area contributed by atoms with Crippen LogP contribution in [-0.4, -0.2) is 10.9 Å². The summed E-state index contributed by atoms with van der Waals surface area (Å²) in [5.41, 5.74) is 3.53. The number of halogens is 1. The summed E-state index contributed by atoms with van der Waals surface area (Å²) in [6.45, 7) is 2.59. The van der Waals surface area contributed by atoms with Gasteiger partial charge in [0.15, 0.2) is 0 Å². The summed E-state index contributed by atoms with van der Waals surface area (Å²) in [6.07, 6.45) is 3.55. The highest BCUT2D eigenvalue weighted by Crippen LogP contribution is 2.20. The van der Waals surface area contributed by atoms with Crippen molar-refractivity contribution in [3.63, 3.8) is 0 Å². The molecular formula is C21H20BrN3O. The number of hydrogen-bond donors (Lipinski definition) is 2. The van der Waals surface area contributed by atoms with Crippen LogP contribution in [0.2, 0.25) is 0 Å². The lowest BCUT2D eigenvalue weighted by Gasteiger charge is -2.17. The fourth-order valence-corrected chi connectivity index (χ4v) is 3.09. The topological polar surface area (TPSA) is 54.0 Å². The third-order valence-corrected chi connectivity index (χ3v) is 4.57. The first-order valence-electron chi connectivity index (χ1n) is 8.41. The number of nitrogens with zero attached hydrogens (tertiary/aromatic N) is 1. The maximum absolute atomic E-state index is 12.8. The van der Waals surface area contributed by atoms with Gasteiger partial charge in [0.05, 0.1) is 11.6 Å². The standard InChI is InChI=1S/C21H20BrN3O/c1-15(17-7-4-8-18(22)12-17)25-21(26)19-9-2-3-10-20(19)24-14-16-6-5-11-23-13-16/h2-13,15,24H,14H2,1H3,(H,25,26)/t15-/m0/s1. The zero-order valence-electron chi connectivity index (χ0n) is 14.4. The van der Waals surface area contributed by atoms with Crippen LogP contribution in [0.15, 0.2) is 77.5 Å². The van der Waals surface area contributed by atoms with E-state index in [-0.39, 0.29) is 11.9 Å². The van der Waals surface area contributed by atoms with Gasteiger partial charge < -0.3 is 10.6 Å². The third-order valence-electron chi connectivity index (χ3n) is 4.07. The average molecular weight is 410 g/mol. The normalized spacial score (nSPS) is 11.6. The Morgan fingerprint density at radius 2 is 1.96 bits per heavy atom. The molecule has 3 rings (SSSR count). The lowest BCUT2D eigenvalue weighted by molar-refractivity contribution is 0.0940. The Balaban J connectivity index is 1.71. The minimum absolute atomic E-state index is 0.0913. The van der Waals surface area contributed by atoms with Crippen LogP contribution in [-0.2, 0) is 6.54 Å². The van der Waals surface area contributed by atoms with E-state index < -0.39 is 0 Å². The highest BCUT2D eigenvalue weighted by Gasteiger charge is 2.14.